The summed E-state index contributed by atoms with van der Waals surface area (Å²) in [6.45, 7) is 8.21. The monoisotopic (exact) mass is 412 g/mol. The summed E-state index contributed by atoms with van der Waals surface area (Å²) >= 11 is 0. The second kappa shape index (κ2) is 10.3. The van der Waals surface area contributed by atoms with E-state index < -0.39 is 0 Å². The zero-order valence-electron chi connectivity index (χ0n) is 18.4. The molecule has 6 heteroatoms. The standard InChI is InChI=1S/C24H32N2O4/c1-18(2)16-30-17-20-15-19(9-10-22(20)28-3)24(27)26-13-11-25(12-14-26)21-7-5-6-8-23(21)29-4/h5-10,15,18H,11-14,16-17H2,1-4H3. The van der Waals surface area contributed by atoms with Crippen LogP contribution in [-0.4, -0.2) is 57.8 Å². The molecule has 1 heterocycles. The summed E-state index contributed by atoms with van der Waals surface area (Å²) in [6, 6.07) is 13.6. The van der Waals surface area contributed by atoms with E-state index in [-0.39, 0.29) is 5.91 Å². The topological polar surface area (TPSA) is 51.2 Å². The molecule has 2 aromatic carbocycles. The van der Waals surface area contributed by atoms with Crippen LogP contribution in [0.25, 0.3) is 0 Å². The summed E-state index contributed by atoms with van der Waals surface area (Å²) in [5, 5.41) is 0. The molecule has 6 nitrogen and oxygen atoms in total. The van der Waals surface area contributed by atoms with Gasteiger partial charge in [0.2, 0.25) is 0 Å². The number of methoxy groups -OCH3 is 2. The fourth-order valence-corrected chi connectivity index (χ4v) is 3.65. The predicted octanol–water partition coefficient (Wildman–Crippen LogP) is 3.84. The van der Waals surface area contributed by atoms with E-state index >= 15 is 0 Å². The van der Waals surface area contributed by atoms with Crippen molar-refractivity contribution in [3.8, 4) is 11.5 Å². The first-order valence-corrected chi connectivity index (χ1v) is 10.5. The molecule has 0 N–H and O–H groups in total. The van der Waals surface area contributed by atoms with Gasteiger partial charge in [-0.3, -0.25) is 4.79 Å². The number of benzene rings is 2. The summed E-state index contributed by atoms with van der Waals surface area (Å²) in [6.07, 6.45) is 0. The van der Waals surface area contributed by atoms with E-state index in [2.05, 4.69) is 24.8 Å². The van der Waals surface area contributed by atoms with E-state index in [0.717, 1.165) is 35.8 Å². The zero-order valence-corrected chi connectivity index (χ0v) is 18.4. The van der Waals surface area contributed by atoms with Crippen LogP contribution in [-0.2, 0) is 11.3 Å². The molecular weight excluding hydrogens is 380 g/mol. The number of rotatable bonds is 8. The molecule has 0 radical (unpaired) electrons. The highest BCUT2D eigenvalue weighted by molar-refractivity contribution is 5.94. The molecule has 0 bridgehead atoms. The molecule has 1 amide bonds. The predicted molar refractivity (Wildman–Crippen MR) is 119 cm³/mol. The van der Waals surface area contributed by atoms with Gasteiger partial charge in [0.15, 0.2) is 0 Å². The second-order valence-corrected chi connectivity index (χ2v) is 7.89. The van der Waals surface area contributed by atoms with Gasteiger partial charge in [-0.25, -0.2) is 0 Å². The van der Waals surface area contributed by atoms with Crippen molar-refractivity contribution in [3.05, 3.63) is 53.6 Å². The molecule has 3 rings (SSSR count). The number of carbonyl (C=O) groups excluding carboxylic acids is 1. The molecule has 0 aromatic heterocycles. The van der Waals surface area contributed by atoms with Gasteiger partial charge in [-0.15, -0.1) is 0 Å². The minimum absolute atomic E-state index is 0.0439. The largest absolute Gasteiger partial charge is 0.496 e. The van der Waals surface area contributed by atoms with Gasteiger partial charge in [0.25, 0.3) is 5.91 Å². The van der Waals surface area contributed by atoms with E-state index in [1.54, 1.807) is 14.2 Å². The Morgan fingerprint density at radius 2 is 1.67 bits per heavy atom. The lowest BCUT2D eigenvalue weighted by Gasteiger charge is -2.36. The van der Waals surface area contributed by atoms with Crippen LogP contribution in [0.3, 0.4) is 0 Å². The van der Waals surface area contributed by atoms with Crippen LogP contribution >= 0.6 is 0 Å². The van der Waals surface area contributed by atoms with Crippen LogP contribution in [0.15, 0.2) is 42.5 Å². The first kappa shape index (κ1) is 22.0. The highest BCUT2D eigenvalue weighted by atomic mass is 16.5. The molecule has 1 saturated heterocycles. The van der Waals surface area contributed by atoms with Crippen LogP contribution in [0.4, 0.5) is 5.69 Å². The van der Waals surface area contributed by atoms with Crippen molar-refractivity contribution in [1.82, 2.24) is 4.90 Å². The number of nitrogens with zero attached hydrogens (tertiary/aromatic N) is 2. The van der Waals surface area contributed by atoms with Gasteiger partial charge in [-0.2, -0.15) is 0 Å². The van der Waals surface area contributed by atoms with Gasteiger partial charge in [-0.1, -0.05) is 26.0 Å². The third-order valence-corrected chi connectivity index (χ3v) is 5.23. The normalized spacial score (nSPS) is 14.2. The Balaban J connectivity index is 1.65. The number of anilines is 1. The quantitative estimate of drug-likeness (QED) is 0.659. The molecule has 0 atom stereocenters. The van der Waals surface area contributed by atoms with E-state index in [4.69, 9.17) is 14.2 Å². The first-order chi connectivity index (χ1) is 14.5. The lowest BCUT2D eigenvalue weighted by atomic mass is 10.1. The van der Waals surface area contributed by atoms with Crippen LogP contribution in [0.1, 0.15) is 29.8 Å². The molecule has 0 saturated carbocycles. The lowest BCUT2D eigenvalue weighted by molar-refractivity contribution is 0.0745. The van der Waals surface area contributed by atoms with Gasteiger partial charge >= 0.3 is 0 Å². The smallest absolute Gasteiger partial charge is 0.253 e. The third-order valence-electron chi connectivity index (χ3n) is 5.23. The number of piperazine rings is 1. The molecule has 162 valence electrons. The van der Waals surface area contributed by atoms with Crippen molar-refractivity contribution in [2.24, 2.45) is 5.92 Å². The van der Waals surface area contributed by atoms with Crippen molar-refractivity contribution >= 4 is 11.6 Å². The van der Waals surface area contributed by atoms with Crippen LogP contribution < -0.4 is 14.4 Å². The molecule has 1 aliphatic rings. The second-order valence-electron chi connectivity index (χ2n) is 7.89. The fraction of sp³-hybridized carbons (Fsp3) is 0.458. The molecule has 1 aliphatic heterocycles. The van der Waals surface area contributed by atoms with Gasteiger partial charge in [-0.05, 0) is 36.2 Å². The van der Waals surface area contributed by atoms with E-state index in [1.165, 1.54) is 0 Å². The lowest BCUT2D eigenvalue weighted by Crippen LogP contribution is -2.48. The molecule has 0 spiro atoms. The van der Waals surface area contributed by atoms with Crippen LogP contribution in [0.5, 0.6) is 11.5 Å². The van der Waals surface area contributed by atoms with Crippen molar-refractivity contribution in [2.45, 2.75) is 20.5 Å². The first-order valence-electron chi connectivity index (χ1n) is 10.5. The summed E-state index contributed by atoms with van der Waals surface area (Å²) in [5.41, 5.74) is 2.64. The van der Waals surface area contributed by atoms with Crippen LogP contribution in [0.2, 0.25) is 0 Å². The van der Waals surface area contributed by atoms with Gasteiger partial charge < -0.3 is 24.0 Å². The number of amides is 1. The van der Waals surface area contributed by atoms with Crippen molar-refractivity contribution in [2.75, 3.05) is 51.9 Å². The average Bonchev–Trinajstić information content (AvgIpc) is 2.78. The molecule has 2 aromatic rings. The number of para-hydroxylation sites is 2. The van der Waals surface area contributed by atoms with E-state index in [9.17, 15) is 4.79 Å². The maximum Gasteiger partial charge on any atom is 0.253 e. The molecular formula is C24H32N2O4. The fourth-order valence-electron chi connectivity index (χ4n) is 3.65. The summed E-state index contributed by atoms with van der Waals surface area (Å²) in [5.74, 6) is 2.11. The Morgan fingerprint density at radius 3 is 2.33 bits per heavy atom. The van der Waals surface area contributed by atoms with Gasteiger partial charge in [0.1, 0.15) is 11.5 Å². The van der Waals surface area contributed by atoms with Gasteiger partial charge in [0, 0.05) is 43.9 Å². The number of ether oxygens (including phenoxy) is 3. The summed E-state index contributed by atoms with van der Waals surface area (Å²) in [4.78, 5) is 17.3. The maximum absolute atomic E-state index is 13.1. The zero-order chi connectivity index (χ0) is 21.5. The highest BCUT2D eigenvalue weighted by Crippen LogP contribution is 2.29. The number of hydrogen-bond donors (Lipinski definition) is 0. The Bertz CT molecular complexity index is 845. The number of hydrogen-bond acceptors (Lipinski definition) is 5. The Hall–Kier alpha value is -2.73. The Morgan fingerprint density at radius 1 is 0.967 bits per heavy atom. The van der Waals surface area contributed by atoms with Crippen molar-refractivity contribution in [1.29, 1.82) is 0 Å². The Kier molecular flexibility index (Phi) is 7.57. The molecule has 0 aliphatic carbocycles. The minimum atomic E-state index is 0.0439. The maximum atomic E-state index is 13.1. The van der Waals surface area contributed by atoms with E-state index in [0.29, 0.717) is 37.8 Å². The minimum Gasteiger partial charge on any atom is -0.496 e. The average molecular weight is 413 g/mol. The molecule has 1 fully saturated rings. The van der Waals surface area contributed by atoms with Gasteiger partial charge in [0.05, 0.1) is 26.5 Å². The SMILES string of the molecule is COc1ccc(C(=O)N2CCN(c3ccccc3OC)CC2)cc1COCC(C)C. The Labute approximate surface area is 179 Å². The molecule has 30 heavy (non-hydrogen) atoms. The third kappa shape index (κ3) is 5.25. The van der Waals surface area contributed by atoms with Crippen LogP contribution in [0, 0.1) is 5.92 Å². The summed E-state index contributed by atoms with van der Waals surface area (Å²) < 4.78 is 16.7. The van der Waals surface area contributed by atoms with E-state index in [1.807, 2.05) is 41.3 Å². The highest BCUT2D eigenvalue weighted by Gasteiger charge is 2.24. The number of carbonyl (C=O) groups is 1. The van der Waals surface area contributed by atoms with Crippen molar-refractivity contribution in [3.63, 3.8) is 0 Å². The summed E-state index contributed by atoms with van der Waals surface area (Å²) in [7, 11) is 3.32. The molecule has 0 unspecified atom stereocenters. The van der Waals surface area contributed by atoms with Crippen molar-refractivity contribution < 1.29 is 19.0 Å².